The van der Waals surface area contributed by atoms with Crippen LogP contribution in [-0.4, -0.2) is 21.4 Å². The Labute approximate surface area is 104 Å². The second-order valence-corrected chi connectivity index (χ2v) is 5.18. The fourth-order valence-corrected chi connectivity index (χ4v) is 2.56. The molecular formula is C13H15NO2S. The molecule has 1 aromatic heterocycles. The van der Waals surface area contributed by atoms with E-state index >= 15 is 0 Å². The average Bonchev–Trinajstić information content (AvgIpc) is 2.63. The third-order valence-electron chi connectivity index (χ3n) is 2.85. The summed E-state index contributed by atoms with van der Waals surface area (Å²) in [4.78, 5) is 10.9. The first-order valence-electron chi connectivity index (χ1n) is 5.53. The Morgan fingerprint density at radius 3 is 2.82 bits per heavy atom. The SMILES string of the molecule is CCSCc1cc2ccc(C(=O)O)cc2n1C. The van der Waals surface area contributed by atoms with Crippen LogP contribution < -0.4 is 0 Å². The summed E-state index contributed by atoms with van der Waals surface area (Å²) < 4.78 is 2.07. The predicted molar refractivity (Wildman–Crippen MR) is 71.7 cm³/mol. The Hall–Kier alpha value is -1.42. The fraction of sp³-hybridized carbons (Fsp3) is 0.308. The van der Waals surface area contributed by atoms with Crippen LogP contribution in [0.4, 0.5) is 0 Å². The molecule has 0 unspecified atom stereocenters. The number of nitrogens with zero attached hydrogens (tertiary/aromatic N) is 1. The number of carboxylic acid groups (broad SMARTS) is 1. The first kappa shape index (κ1) is 12.0. The van der Waals surface area contributed by atoms with Gasteiger partial charge < -0.3 is 9.67 Å². The molecule has 1 heterocycles. The molecule has 0 aliphatic carbocycles. The number of aromatic carboxylic acids is 1. The highest BCUT2D eigenvalue weighted by Crippen LogP contribution is 2.23. The molecule has 90 valence electrons. The number of rotatable bonds is 4. The summed E-state index contributed by atoms with van der Waals surface area (Å²) in [6.07, 6.45) is 0. The van der Waals surface area contributed by atoms with Gasteiger partial charge in [-0.15, -0.1) is 0 Å². The average molecular weight is 249 g/mol. The number of hydrogen-bond donors (Lipinski definition) is 1. The van der Waals surface area contributed by atoms with Gasteiger partial charge in [0.15, 0.2) is 0 Å². The minimum absolute atomic E-state index is 0.341. The third kappa shape index (κ3) is 2.31. The van der Waals surface area contributed by atoms with E-state index in [1.165, 1.54) is 5.69 Å². The van der Waals surface area contributed by atoms with Gasteiger partial charge in [-0.2, -0.15) is 11.8 Å². The highest BCUT2D eigenvalue weighted by Gasteiger charge is 2.09. The van der Waals surface area contributed by atoms with Crippen molar-refractivity contribution in [2.75, 3.05) is 5.75 Å². The van der Waals surface area contributed by atoms with E-state index in [1.54, 1.807) is 12.1 Å². The van der Waals surface area contributed by atoms with Gasteiger partial charge in [0, 0.05) is 24.0 Å². The van der Waals surface area contributed by atoms with Crippen LogP contribution in [0.5, 0.6) is 0 Å². The topological polar surface area (TPSA) is 42.2 Å². The van der Waals surface area contributed by atoms with Crippen molar-refractivity contribution in [1.29, 1.82) is 0 Å². The minimum atomic E-state index is -0.877. The van der Waals surface area contributed by atoms with E-state index in [0.29, 0.717) is 5.56 Å². The molecule has 3 nitrogen and oxygen atoms in total. The summed E-state index contributed by atoms with van der Waals surface area (Å²) in [5.74, 6) is 1.17. The lowest BCUT2D eigenvalue weighted by molar-refractivity contribution is 0.0697. The van der Waals surface area contributed by atoms with Crippen molar-refractivity contribution in [3.05, 3.63) is 35.5 Å². The summed E-state index contributed by atoms with van der Waals surface area (Å²) in [5, 5.41) is 10.1. The second-order valence-electron chi connectivity index (χ2n) is 3.91. The van der Waals surface area contributed by atoms with Crippen LogP contribution in [0.15, 0.2) is 24.3 Å². The number of benzene rings is 1. The summed E-state index contributed by atoms with van der Waals surface area (Å²) in [6.45, 7) is 2.13. The number of thioether (sulfide) groups is 1. The van der Waals surface area contributed by atoms with Crippen LogP contribution in [-0.2, 0) is 12.8 Å². The Kier molecular flexibility index (Phi) is 3.43. The Morgan fingerprint density at radius 1 is 1.41 bits per heavy atom. The molecule has 4 heteroatoms. The van der Waals surface area contributed by atoms with Gasteiger partial charge in [0.2, 0.25) is 0 Å². The molecule has 0 bridgehead atoms. The molecule has 0 radical (unpaired) electrons. The van der Waals surface area contributed by atoms with Crippen LogP contribution in [0.3, 0.4) is 0 Å². The summed E-state index contributed by atoms with van der Waals surface area (Å²) in [5.41, 5.74) is 2.55. The number of fused-ring (bicyclic) bond motifs is 1. The molecule has 0 saturated heterocycles. The van der Waals surface area contributed by atoms with Crippen molar-refractivity contribution >= 4 is 28.6 Å². The quantitative estimate of drug-likeness (QED) is 0.905. The molecule has 0 saturated carbocycles. The van der Waals surface area contributed by atoms with Gasteiger partial charge in [-0.3, -0.25) is 0 Å². The smallest absolute Gasteiger partial charge is 0.335 e. The number of carboxylic acids is 1. The number of hydrogen-bond acceptors (Lipinski definition) is 2. The van der Waals surface area contributed by atoms with E-state index in [-0.39, 0.29) is 0 Å². The van der Waals surface area contributed by atoms with Gasteiger partial charge in [0.25, 0.3) is 0 Å². The molecular weight excluding hydrogens is 234 g/mol. The largest absolute Gasteiger partial charge is 0.478 e. The molecule has 2 rings (SSSR count). The molecule has 0 aliphatic rings. The highest BCUT2D eigenvalue weighted by atomic mass is 32.2. The molecule has 0 atom stereocenters. The van der Waals surface area contributed by atoms with Crippen molar-refractivity contribution < 1.29 is 9.90 Å². The van der Waals surface area contributed by atoms with Crippen LogP contribution in [0.2, 0.25) is 0 Å². The lowest BCUT2D eigenvalue weighted by Crippen LogP contribution is -1.98. The summed E-state index contributed by atoms with van der Waals surface area (Å²) in [6, 6.07) is 7.39. The first-order chi connectivity index (χ1) is 8.13. The molecule has 0 aliphatic heterocycles. The Morgan fingerprint density at radius 2 is 2.18 bits per heavy atom. The van der Waals surface area contributed by atoms with Crippen molar-refractivity contribution in [3.63, 3.8) is 0 Å². The molecule has 0 amide bonds. The van der Waals surface area contributed by atoms with E-state index in [4.69, 9.17) is 5.11 Å². The second kappa shape index (κ2) is 4.84. The van der Waals surface area contributed by atoms with Gasteiger partial charge in [-0.1, -0.05) is 13.0 Å². The first-order valence-corrected chi connectivity index (χ1v) is 6.68. The summed E-state index contributed by atoms with van der Waals surface area (Å²) in [7, 11) is 1.99. The Bertz CT molecular complexity index is 560. The maximum atomic E-state index is 10.9. The van der Waals surface area contributed by atoms with E-state index in [9.17, 15) is 4.79 Å². The summed E-state index contributed by atoms with van der Waals surface area (Å²) >= 11 is 1.86. The van der Waals surface area contributed by atoms with Gasteiger partial charge in [-0.05, 0) is 29.3 Å². The van der Waals surface area contributed by atoms with Crippen LogP contribution >= 0.6 is 11.8 Å². The van der Waals surface area contributed by atoms with Crippen molar-refractivity contribution in [1.82, 2.24) is 4.57 Å². The lowest BCUT2D eigenvalue weighted by atomic mass is 10.1. The van der Waals surface area contributed by atoms with Crippen LogP contribution in [0.1, 0.15) is 23.0 Å². The van der Waals surface area contributed by atoms with Crippen LogP contribution in [0.25, 0.3) is 10.9 Å². The molecule has 1 aromatic carbocycles. The van der Waals surface area contributed by atoms with E-state index in [0.717, 1.165) is 22.4 Å². The molecule has 17 heavy (non-hydrogen) atoms. The monoisotopic (exact) mass is 249 g/mol. The standard InChI is InChI=1S/C13H15NO2S/c1-3-17-8-11-6-9-4-5-10(13(15)16)7-12(9)14(11)2/h4-7H,3,8H2,1-2H3,(H,15,16). The van der Waals surface area contributed by atoms with E-state index in [1.807, 2.05) is 24.9 Å². The van der Waals surface area contributed by atoms with Crippen molar-refractivity contribution in [3.8, 4) is 0 Å². The van der Waals surface area contributed by atoms with Gasteiger partial charge in [-0.25, -0.2) is 4.79 Å². The molecule has 0 fully saturated rings. The van der Waals surface area contributed by atoms with Gasteiger partial charge in [0.1, 0.15) is 0 Å². The van der Waals surface area contributed by atoms with Crippen molar-refractivity contribution in [2.45, 2.75) is 12.7 Å². The normalized spacial score (nSPS) is 10.9. The number of aryl methyl sites for hydroxylation is 1. The van der Waals surface area contributed by atoms with Crippen LogP contribution in [0, 0.1) is 0 Å². The van der Waals surface area contributed by atoms with Gasteiger partial charge >= 0.3 is 5.97 Å². The highest BCUT2D eigenvalue weighted by molar-refractivity contribution is 7.98. The van der Waals surface area contributed by atoms with E-state index in [2.05, 4.69) is 17.6 Å². The zero-order valence-corrected chi connectivity index (χ0v) is 10.8. The zero-order chi connectivity index (χ0) is 12.4. The minimum Gasteiger partial charge on any atom is -0.478 e. The maximum absolute atomic E-state index is 10.9. The molecule has 2 aromatic rings. The zero-order valence-electron chi connectivity index (χ0n) is 9.93. The number of aromatic nitrogens is 1. The Balaban J connectivity index is 2.47. The van der Waals surface area contributed by atoms with Crippen molar-refractivity contribution in [2.24, 2.45) is 7.05 Å². The maximum Gasteiger partial charge on any atom is 0.335 e. The fourth-order valence-electron chi connectivity index (χ4n) is 1.87. The predicted octanol–water partition coefficient (Wildman–Crippen LogP) is 3.13. The number of carbonyl (C=O) groups is 1. The lowest BCUT2D eigenvalue weighted by Gasteiger charge is -2.03. The third-order valence-corrected chi connectivity index (χ3v) is 3.75. The molecule has 1 N–H and O–H groups in total. The van der Waals surface area contributed by atoms with Gasteiger partial charge in [0.05, 0.1) is 5.56 Å². The van der Waals surface area contributed by atoms with E-state index < -0.39 is 5.97 Å². The molecule has 0 spiro atoms.